The highest BCUT2D eigenvalue weighted by molar-refractivity contribution is 5.86. The number of hydrogen-bond acceptors (Lipinski definition) is 6. The average molecular weight is 408 g/mol. The van der Waals surface area contributed by atoms with Crippen molar-refractivity contribution in [2.24, 2.45) is 0 Å². The Bertz CT molecular complexity index is 945. The Morgan fingerprint density at radius 1 is 1.00 bits per heavy atom. The van der Waals surface area contributed by atoms with Crippen LogP contribution in [0.15, 0.2) is 69.9 Å². The minimum atomic E-state index is -0.633. The Morgan fingerprint density at radius 3 is 2.20 bits per heavy atom. The molecule has 2 aromatic heterocycles. The number of rotatable bonds is 7. The molecule has 1 unspecified atom stereocenters. The number of hydrogen-bond donors (Lipinski definition) is 0. The van der Waals surface area contributed by atoms with Gasteiger partial charge in [-0.05, 0) is 35.4 Å². The molecule has 0 bridgehead atoms. The number of furan rings is 2. The molecular formula is C23H24N2O5. The van der Waals surface area contributed by atoms with Gasteiger partial charge >= 0.3 is 5.97 Å². The average Bonchev–Trinajstić information content (AvgIpc) is 3.46. The molecule has 156 valence electrons. The van der Waals surface area contributed by atoms with Crippen molar-refractivity contribution < 1.29 is 23.2 Å². The van der Waals surface area contributed by atoms with E-state index in [1.165, 1.54) is 7.11 Å². The van der Waals surface area contributed by atoms with E-state index in [9.17, 15) is 9.59 Å². The van der Waals surface area contributed by atoms with Crippen LogP contribution < -0.4 is 0 Å². The van der Waals surface area contributed by atoms with E-state index >= 15 is 0 Å². The van der Waals surface area contributed by atoms with Crippen LogP contribution in [0.1, 0.15) is 22.6 Å². The van der Waals surface area contributed by atoms with Gasteiger partial charge in [-0.25, -0.2) is 4.79 Å². The number of carbonyl (C=O) groups is 2. The molecule has 3 aromatic rings. The number of methoxy groups -OCH3 is 1. The summed E-state index contributed by atoms with van der Waals surface area (Å²) in [5, 5.41) is 0. The molecule has 4 rings (SSSR count). The summed E-state index contributed by atoms with van der Waals surface area (Å²) in [4.78, 5) is 29.3. The van der Waals surface area contributed by atoms with Gasteiger partial charge in [0, 0.05) is 13.0 Å². The van der Waals surface area contributed by atoms with E-state index in [0.29, 0.717) is 26.1 Å². The summed E-state index contributed by atoms with van der Waals surface area (Å²) in [6.07, 6.45) is 3.67. The molecule has 1 amide bonds. The third kappa shape index (κ3) is 4.46. The summed E-state index contributed by atoms with van der Waals surface area (Å²) in [6.45, 7) is 1.40. The summed E-state index contributed by atoms with van der Waals surface area (Å²) in [6, 6.07) is 14.6. The third-order valence-corrected chi connectivity index (χ3v) is 5.32. The molecule has 7 heteroatoms. The van der Waals surface area contributed by atoms with Crippen LogP contribution >= 0.6 is 0 Å². The van der Waals surface area contributed by atoms with Crippen molar-refractivity contribution in [1.82, 2.24) is 9.80 Å². The maximum atomic E-state index is 13.3. The first-order valence-corrected chi connectivity index (χ1v) is 9.85. The highest BCUT2D eigenvalue weighted by atomic mass is 16.5. The minimum absolute atomic E-state index is 0.122. The van der Waals surface area contributed by atoms with Gasteiger partial charge in [0.05, 0.1) is 39.3 Å². The molecule has 7 nitrogen and oxygen atoms in total. The summed E-state index contributed by atoms with van der Waals surface area (Å²) < 4.78 is 15.9. The standard InChI is InChI=1S/C23H24N2O5/c1-28-23(27)21-12-17-6-2-3-7-18(17)13-25(21)22(26)16-24(14-19-8-4-10-29-19)15-20-9-5-11-30-20/h2-11,21H,12-16H2,1H3. The van der Waals surface area contributed by atoms with Gasteiger partial charge in [0.1, 0.15) is 17.6 Å². The highest BCUT2D eigenvalue weighted by Crippen LogP contribution is 2.25. The maximum absolute atomic E-state index is 13.3. The molecule has 0 fully saturated rings. The van der Waals surface area contributed by atoms with Crippen molar-refractivity contribution in [1.29, 1.82) is 0 Å². The minimum Gasteiger partial charge on any atom is -0.468 e. The third-order valence-electron chi connectivity index (χ3n) is 5.32. The van der Waals surface area contributed by atoms with E-state index in [1.807, 2.05) is 53.4 Å². The van der Waals surface area contributed by atoms with Crippen molar-refractivity contribution in [2.45, 2.75) is 32.1 Å². The summed E-state index contributed by atoms with van der Waals surface area (Å²) in [7, 11) is 1.35. The molecule has 1 aliphatic rings. The summed E-state index contributed by atoms with van der Waals surface area (Å²) in [5.74, 6) is 0.963. The van der Waals surface area contributed by atoms with Crippen LogP contribution in [0.4, 0.5) is 0 Å². The molecule has 0 saturated carbocycles. The smallest absolute Gasteiger partial charge is 0.328 e. The van der Waals surface area contributed by atoms with E-state index in [4.69, 9.17) is 13.6 Å². The molecule has 0 spiro atoms. The first-order chi connectivity index (χ1) is 14.6. The molecule has 1 atom stereocenters. The van der Waals surface area contributed by atoms with Crippen LogP contribution in [0.2, 0.25) is 0 Å². The molecule has 0 N–H and O–H groups in total. The predicted octanol–water partition coefficient (Wildman–Crippen LogP) is 3.00. The summed E-state index contributed by atoms with van der Waals surface area (Å²) >= 11 is 0. The van der Waals surface area contributed by atoms with Crippen molar-refractivity contribution >= 4 is 11.9 Å². The Kier molecular flexibility index (Phi) is 5.99. The molecule has 0 radical (unpaired) electrons. The fourth-order valence-electron chi connectivity index (χ4n) is 3.83. The lowest BCUT2D eigenvalue weighted by Gasteiger charge is -2.36. The van der Waals surface area contributed by atoms with Crippen molar-refractivity contribution in [3.63, 3.8) is 0 Å². The zero-order chi connectivity index (χ0) is 20.9. The maximum Gasteiger partial charge on any atom is 0.328 e. The van der Waals surface area contributed by atoms with Crippen molar-refractivity contribution in [3.05, 3.63) is 83.7 Å². The molecular weight excluding hydrogens is 384 g/mol. The van der Waals surface area contributed by atoms with E-state index in [0.717, 1.165) is 22.6 Å². The molecule has 1 aliphatic heterocycles. The Balaban J connectivity index is 1.54. The van der Waals surface area contributed by atoms with Crippen LogP contribution in [-0.4, -0.2) is 41.4 Å². The second-order valence-electron chi connectivity index (χ2n) is 7.34. The van der Waals surface area contributed by atoms with Crippen molar-refractivity contribution in [2.75, 3.05) is 13.7 Å². The van der Waals surface area contributed by atoms with Crippen LogP contribution in [0, 0.1) is 0 Å². The highest BCUT2D eigenvalue weighted by Gasteiger charge is 2.35. The van der Waals surface area contributed by atoms with E-state index < -0.39 is 12.0 Å². The number of benzene rings is 1. The quantitative estimate of drug-likeness (QED) is 0.560. The number of ether oxygens (including phenoxy) is 1. The van der Waals surface area contributed by atoms with E-state index in [-0.39, 0.29) is 12.5 Å². The molecule has 3 heterocycles. The van der Waals surface area contributed by atoms with Gasteiger partial charge in [-0.2, -0.15) is 0 Å². The van der Waals surface area contributed by atoms with Gasteiger partial charge in [0.15, 0.2) is 0 Å². The monoisotopic (exact) mass is 408 g/mol. The second-order valence-corrected chi connectivity index (χ2v) is 7.34. The second kappa shape index (κ2) is 9.00. The SMILES string of the molecule is COC(=O)C1Cc2ccccc2CN1C(=O)CN(Cc1ccco1)Cc1ccco1. The van der Waals surface area contributed by atoms with Gasteiger partial charge in [0.2, 0.25) is 5.91 Å². The van der Waals surface area contributed by atoms with Gasteiger partial charge in [-0.15, -0.1) is 0 Å². The Labute approximate surface area is 174 Å². The zero-order valence-electron chi connectivity index (χ0n) is 16.8. The number of carbonyl (C=O) groups excluding carboxylic acids is 2. The Morgan fingerprint density at radius 2 is 1.63 bits per heavy atom. The fourth-order valence-corrected chi connectivity index (χ4v) is 3.83. The van der Waals surface area contributed by atoms with Crippen molar-refractivity contribution in [3.8, 4) is 0 Å². The van der Waals surface area contributed by atoms with Gasteiger partial charge < -0.3 is 18.5 Å². The predicted molar refractivity (Wildman–Crippen MR) is 108 cm³/mol. The topological polar surface area (TPSA) is 76.1 Å². The van der Waals surface area contributed by atoms with Crippen LogP contribution in [0.25, 0.3) is 0 Å². The number of nitrogens with zero attached hydrogens (tertiary/aromatic N) is 2. The van der Waals surface area contributed by atoms with Gasteiger partial charge in [-0.1, -0.05) is 24.3 Å². The molecule has 30 heavy (non-hydrogen) atoms. The number of fused-ring (bicyclic) bond motifs is 1. The van der Waals surface area contributed by atoms with Crippen LogP contribution in [0.3, 0.4) is 0 Å². The number of esters is 1. The fraction of sp³-hybridized carbons (Fsp3) is 0.304. The zero-order valence-corrected chi connectivity index (χ0v) is 16.8. The molecule has 1 aromatic carbocycles. The van der Waals surface area contributed by atoms with E-state index in [1.54, 1.807) is 17.4 Å². The summed E-state index contributed by atoms with van der Waals surface area (Å²) in [5.41, 5.74) is 2.12. The number of amides is 1. The van der Waals surface area contributed by atoms with Crippen LogP contribution in [-0.2, 0) is 40.4 Å². The lowest BCUT2D eigenvalue weighted by Crippen LogP contribution is -2.51. The first-order valence-electron chi connectivity index (χ1n) is 9.85. The normalized spacial score (nSPS) is 15.8. The molecule has 0 aliphatic carbocycles. The Hall–Kier alpha value is -3.32. The lowest BCUT2D eigenvalue weighted by molar-refractivity contribution is -0.154. The van der Waals surface area contributed by atoms with Gasteiger partial charge in [-0.3, -0.25) is 9.69 Å². The molecule has 0 saturated heterocycles. The first kappa shape index (κ1) is 20.0. The van der Waals surface area contributed by atoms with Crippen LogP contribution in [0.5, 0.6) is 0 Å². The van der Waals surface area contributed by atoms with Gasteiger partial charge in [0.25, 0.3) is 0 Å². The lowest BCUT2D eigenvalue weighted by atomic mass is 9.94. The van der Waals surface area contributed by atoms with E-state index in [2.05, 4.69) is 0 Å². The largest absolute Gasteiger partial charge is 0.468 e.